The van der Waals surface area contributed by atoms with E-state index in [9.17, 15) is 4.39 Å². The second-order valence-corrected chi connectivity index (χ2v) is 4.79. The molecule has 112 valence electrons. The Morgan fingerprint density at radius 3 is 2.81 bits per heavy atom. The number of rotatable bonds is 6. The number of methoxy groups -OCH3 is 1. The van der Waals surface area contributed by atoms with Gasteiger partial charge in [-0.05, 0) is 42.2 Å². The normalized spacial score (nSPS) is 12.2. The Morgan fingerprint density at radius 2 is 2.19 bits per heavy atom. The van der Waals surface area contributed by atoms with Crippen LogP contribution in [-0.2, 0) is 12.8 Å². The minimum Gasteiger partial charge on any atom is -0.494 e. The monoisotopic (exact) mass is 289 g/mol. The Kier molecular flexibility index (Phi) is 5.25. The molecular formula is C16H20FN3O. The van der Waals surface area contributed by atoms with E-state index in [0.29, 0.717) is 6.42 Å². The van der Waals surface area contributed by atoms with Crippen LogP contribution in [0.25, 0.3) is 0 Å². The summed E-state index contributed by atoms with van der Waals surface area (Å²) in [7, 11) is 1.45. The van der Waals surface area contributed by atoms with Crippen LogP contribution >= 0.6 is 0 Å². The molecule has 0 bridgehead atoms. The highest BCUT2D eigenvalue weighted by Gasteiger charge is 2.16. The number of nitrogens with two attached hydrogens (primary N) is 1. The highest BCUT2D eigenvalue weighted by atomic mass is 19.1. The average Bonchev–Trinajstić information content (AvgIpc) is 2.52. The van der Waals surface area contributed by atoms with E-state index in [1.165, 1.54) is 13.2 Å². The highest BCUT2D eigenvalue weighted by molar-refractivity contribution is 5.31. The molecule has 0 saturated heterocycles. The van der Waals surface area contributed by atoms with Gasteiger partial charge in [0.15, 0.2) is 11.6 Å². The Bertz CT molecular complexity index is 604. The van der Waals surface area contributed by atoms with Crippen molar-refractivity contribution in [1.82, 2.24) is 10.4 Å². The topological polar surface area (TPSA) is 60.2 Å². The number of pyridine rings is 1. The Labute approximate surface area is 124 Å². The maximum Gasteiger partial charge on any atom is 0.165 e. The first-order chi connectivity index (χ1) is 10.2. The molecule has 0 fully saturated rings. The van der Waals surface area contributed by atoms with Gasteiger partial charge in [0.05, 0.1) is 18.8 Å². The van der Waals surface area contributed by atoms with Crippen molar-refractivity contribution in [2.75, 3.05) is 7.11 Å². The van der Waals surface area contributed by atoms with Crippen molar-refractivity contribution in [3.05, 3.63) is 59.2 Å². The van der Waals surface area contributed by atoms with Gasteiger partial charge in [-0.1, -0.05) is 19.1 Å². The van der Waals surface area contributed by atoms with Crippen LogP contribution in [0.4, 0.5) is 4.39 Å². The molecule has 1 aromatic carbocycles. The number of hydrazine groups is 1. The molecule has 21 heavy (non-hydrogen) atoms. The minimum absolute atomic E-state index is 0.158. The second-order valence-electron chi connectivity index (χ2n) is 4.79. The minimum atomic E-state index is -0.373. The van der Waals surface area contributed by atoms with Crippen LogP contribution in [0.5, 0.6) is 5.75 Å². The van der Waals surface area contributed by atoms with Crippen molar-refractivity contribution in [3.8, 4) is 5.75 Å². The third-order valence-electron chi connectivity index (χ3n) is 3.49. The quantitative estimate of drug-likeness (QED) is 0.634. The predicted molar refractivity (Wildman–Crippen MR) is 80.3 cm³/mol. The molecule has 1 atom stereocenters. The summed E-state index contributed by atoms with van der Waals surface area (Å²) < 4.78 is 18.7. The molecule has 0 saturated carbocycles. The molecule has 0 spiro atoms. The SMILES string of the molecule is CCc1cccnc1C(Cc1ccc(OC)c(F)c1)NN. The zero-order chi connectivity index (χ0) is 15.2. The summed E-state index contributed by atoms with van der Waals surface area (Å²) in [5.74, 6) is 5.53. The van der Waals surface area contributed by atoms with Gasteiger partial charge in [-0.3, -0.25) is 16.3 Å². The van der Waals surface area contributed by atoms with Crippen LogP contribution in [0, 0.1) is 5.82 Å². The number of hydrogen-bond donors (Lipinski definition) is 2. The molecule has 1 heterocycles. The number of halogens is 1. The lowest BCUT2D eigenvalue weighted by Crippen LogP contribution is -2.31. The van der Waals surface area contributed by atoms with Gasteiger partial charge in [0, 0.05) is 6.20 Å². The summed E-state index contributed by atoms with van der Waals surface area (Å²) in [6, 6.07) is 8.70. The summed E-state index contributed by atoms with van der Waals surface area (Å²) in [6.07, 6.45) is 3.17. The van der Waals surface area contributed by atoms with Crippen LogP contribution in [0.1, 0.15) is 29.8 Å². The number of nitrogens with zero attached hydrogens (tertiary/aromatic N) is 1. The molecule has 1 unspecified atom stereocenters. The third-order valence-corrected chi connectivity index (χ3v) is 3.49. The van der Waals surface area contributed by atoms with E-state index in [-0.39, 0.29) is 17.6 Å². The Morgan fingerprint density at radius 1 is 1.38 bits per heavy atom. The molecular weight excluding hydrogens is 269 g/mol. The van der Waals surface area contributed by atoms with Crippen molar-refractivity contribution >= 4 is 0 Å². The lowest BCUT2D eigenvalue weighted by Gasteiger charge is -2.18. The summed E-state index contributed by atoms with van der Waals surface area (Å²) in [6.45, 7) is 2.07. The molecule has 0 radical (unpaired) electrons. The van der Waals surface area contributed by atoms with Crippen LogP contribution in [-0.4, -0.2) is 12.1 Å². The number of hydrogen-bond acceptors (Lipinski definition) is 4. The highest BCUT2D eigenvalue weighted by Crippen LogP contribution is 2.23. The molecule has 3 N–H and O–H groups in total. The summed E-state index contributed by atoms with van der Waals surface area (Å²) >= 11 is 0. The number of aromatic nitrogens is 1. The zero-order valence-electron chi connectivity index (χ0n) is 12.3. The van der Waals surface area contributed by atoms with Crippen LogP contribution in [0.3, 0.4) is 0 Å². The van der Waals surface area contributed by atoms with Gasteiger partial charge in [0.2, 0.25) is 0 Å². The van der Waals surface area contributed by atoms with Gasteiger partial charge in [-0.25, -0.2) is 4.39 Å². The van der Waals surface area contributed by atoms with E-state index >= 15 is 0 Å². The first-order valence-corrected chi connectivity index (χ1v) is 6.92. The molecule has 0 aliphatic heterocycles. The fourth-order valence-electron chi connectivity index (χ4n) is 2.37. The lowest BCUT2D eigenvalue weighted by molar-refractivity contribution is 0.386. The van der Waals surface area contributed by atoms with E-state index in [4.69, 9.17) is 10.6 Å². The first kappa shape index (κ1) is 15.4. The third kappa shape index (κ3) is 3.56. The van der Waals surface area contributed by atoms with Gasteiger partial charge in [0.25, 0.3) is 0 Å². The molecule has 2 aromatic rings. The number of aryl methyl sites for hydroxylation is 1. The fourth-order valence-corrected chi connectivity index (χ4v) is 2.37. The molecule has 4 nitrogen and oxygen atoms in total. The van der Waals surface area contributed by atoms with Crippen LogP contribution in [0.2, 0.25) is 0 Å². The molecule has 1 aromatic heterocycles. The standard InChI is InChI=1S/C16H20FN3O/c1-3-12-5-4-8-19-16(12)14(20-18)10-11-6-7-15(21-2)13(17)9-11/h4-9,14,20H,3,10,18H2,1-2H3. The predicted octanol–water partition coefficient (Wildman–Crippen LogP) is 2.54. The van der Waals surface area contributed by atoms with E-state index < -0.39 is 0 Å². The van der Waals surface area contributed by atoms with Crippen LogP contribution in [0.15, 0.2) is 36.5 Å². The smallest absolute Gasteiger partial charge is 0.165 e. The number of ether oxygens (including phenoxy) is 1. The van der Waals surface area contributed by atoms with E-state index in [2.05, 4.69) is 17.3 Å². The van der Waals surface area contributed by atoms with Gasteiger partial charge < -0.3 is 4.74 Å². The summed E-state index contributed by atoms with van der Waals surface area (Å²) in [4.78, 5) is 4.41. The largest absolute Gasteiger partial charge is 0.494 e. The maximum absolute atomic E-state index is 13.8. The fraction of sp³-hybridized carbons (Fsp3) is 0.312. The van der Waals surface area contributed by atoms with E-state index in [1.807, 2.05) is 18.2 Å². The van der Waals surface area contributed by atoms with Crippen molar-refractivity contribution in [2.45, 2.75) is 25.8 Å². The van der Waals surface area contributed by atoms with E-state index in [1.54, 1.807) is 12.3 Å². The maximum atomic E-state index is 13.8. The summed E-state index contributed by atoms with van der Waals surface area (Å²) in [5.41, 5.74) is 5.65. The van der Waals surface area contributed by atoms with Gasteiger partial charge in [0.1, 0.15) is 0 Å². The van der Waals surface area contributed by atoms with Gasteiger partial charge in [-0.15, -0.1) is 0 Å². The second kappa shape index (κ2) is 7.15. The lowest BCUT2D eigenvalue weighted by atomic mass is 9.98. The molecule has 0 aliphatic carbocycles. The zero-order valence-corrected chi connectivity index (χ0v) is 12.3. The molecule has 5 heteroatoms. The molecule has 2 rings (SSSR count). The number of benzene rings is 1. The van der Waals surface area contributed by atoms with Gasteiger partial charge >= 0.3 is 0 Å². The van der Waals surface area contributed by atoms with Gasteiger partial charge in [-0.2, -0.15) is 0 Å². The van der Waals surface area contributed by atoms with E-state index in [0.717, 1.165) is 23.2 Å². The van der Waals surface area contributed by atoms with Crippen molar-refractivity contribution in [2.24, 2.45) is 5.84 Å². The molecule has 0 amide bonds. The van der Waals surface area contributed by atoms with Crippen molar-refractivity contribution in [1.29, 1.82) is 0 Å². The first-order valence-electron chi connectivity index (χ1n) is 6.92. The van der Waals surface area contributed by atoms with Crippen LogP contribution < -0.4 is 16.0 Å². The van der Waals surface area contributed by atoms with Crippen molar-refractivity contribution in [3.63, 3.8) is 0 Å². The average molecular weight is 289 g/mol. The van der Waals surface area contributed by atoms with Crippen molar-refractivity contribution < 1.29 is 9.13 Å². The Balaban J connectivity index is 2.25. The Hall–Kier alpha value is -1.98. The number of nitrogens with one attached hydrogen (secondary N) is 1. The molecule has 0 aliphatic rings. The summed E-state index contributed by atoms with van der Waals surface area (Å²) in [5, 5.41) is 0.